The lowest BCUT2D eigenvalue weighted by molar-refractivity contribution is -0.159. The van der Waals surface area contributed by atoms with E-state index in [1.54, 1.807) is 6.07 Å². The Morgan fingerprint density at radius 3 is 1.82 bits per heavy atom. The number of benzene rings is 3. The summed E-state index contributed by atoms with van der Waals surface area (Å²) in [6, 6.07) is 19.2. The van der Waals surface area contributed by atoms with Crippen LogP contribution >= 0.6 is 23.2 Å². The molecule has 3 aromatic rings. The third-order valence-corrected chi connectivity index (χ3v) is 8.50. The van der Waals surface area contributed by atoms with E-state index >= 15 is 0 Å². The Morgan fingerprint density at radius 2 is 1.34 bits per heavy atom. The molecule has 3 atom stereocenters. The van der Waals surface area contributed by atoms with Gasteiger partial charge in [-0.15, -0.1) is 0 Å². The van der Waals surface area contributed by atoms with Gasteiger partial charge in [-0.1, -0.05) is 71.7 Å². The van der Waals surface area contributed by atoms with Crippen molar-refractivity contribution in [1.29, 1.82) is 0 Å². The lowest BCUT2D eigenvalue weighted by atomic mass is 9.55. The van der Waals surface area contributed by atoms with Crippen molar-refractivity contribution in [2.45, 2.75) is 24.8 Å². The number of ether oxygens (including phenoxy) is 1. The van der Waals surface area contributed by atoms with Crippen molar-refractivity contribution in [2.75, 3.05) is 11.9 Å². The molecule has 3 aliphatic carbocycles. The van der Waals surface area contributed by atoms with Gasteiger partial charge < -0.3 is 10.1 Å². The van der Waals surface area contributed by atoms with Gasteiger partial charge in [-0.25, -0.2) is 4.79 Å². The molecule has 0 aromatic heterocycles. The first-order chi connectivity index (χ1) is 18.3. The monoisotopic (exact) mass is 548 g/mol. The summed E-state index contributed by atoms with van der Waals surface area (Å²) in [6.07, 6.45) is 0. The van der Waals surface area contributed by atoms with Crippen molar-refractivity contribution in [3.63, 3.8) is 0 Å². The number of likely N-dealkylation sites (tertiary alicyclic amines) is 1. The maximum absolute atomic E-state index is 13.7. The molecule has 192 valence electrons. The number of imide groups is 1. The second-order valence-corrected chi connectivity index (χ2v) is 10.6. The number of hydrogen-bond acceptors (Lipinski definition) is 5. The first-order valence-electron chi connectivity index (χ1n) is 12.2. The maximum Gasteiger partial charge on any atom is 0.329 e. The molecule has 7 rings (SSSR count). The van der Waals surface area contributed by atoms with Crippen LogP contribution in [0.1, 0.15) is 41.0 Å². The fourth-order valence-corrected chi connectivity index (χ4v) is 6.51. The Balaban J connectivity index is 1.20. The first kappa shape index (κ1) is 24.6. The number of carbonyl (C=O) groups is 4. The minimum Gasteiger partial charge on any atom is -0.454 e. The highest BCUT2D eigenvalue weighted by Gasteiger charge is 2.62. The summed E-state index contributed by atoms with van der Waals surface area (Å²) < 4.78 is 5.19. The average molecular weight is 549 g/mol. The SMILES string of the molecule is C[C@H](C(=O)OCC(=O)Nc1ccc(Cl)c(Cl)c1)N1C(=O)[C@@H]2C3c4ccccc4C(c4ccccc43)[C@@H]2C1=O. The molecule has 0 saturated carbocycles. The quantitative estimate of drug-likeness (QED) is 0.366. The average Bonchev–Trinajstić information content (AvgIpc) is 3.19. The van der Waals surface area contributed by atoms with Crippen molar-refractivity contribution in [2.24, 2.45) is 11.8 Å². The van der Waals surface area contributed by atoms with Gasteiger partial charge >= 0.3 is 5.97 Å². The van der Waals surface area contributed by atoms with Gasteiger partial charge in [0.2, 0.25) is 11.8 Å². The van der Waals surface area contributed by atoms with Crippen molar-refractivity contribution in [3.8, 4) is 0 Å². The van der Waals surface area contributed by atoms with Crippen molar-refractivity contribution in [3.05, 3.63) is 99.0 Å². The molecule has 7 nitrogen and oxygen atoms in total. The van der Waals surface area contributed by atoms with Crippen LogP contribution in [0.15, 0.2) is 66.7 Å². The predicted molar refractivity (Wildman–Crippen MR) is 141 cm³/mol. The van der Waals surface area contributed by atoms with E-state index in [9.17, 15) is 19.2 Å². The molecular weight excluding hydrogens is 527 g/mol. The fraction of sp³-hybridized carbons (Fsp3) is 0.241. The van der Waals surface area contributed by atoms with Gasteiger partial charge in [-0.3, -0.25) is 19.3 Å². The molecule has 1 heterocycles. The molecule has 0 radical (unpaired) electrons. The highest BCUT2D eigenvalue weighted by atomic mass is 35.5. The smallest absolute Gasteiger partial charge is 0.329 e. The molecule has 38 heavy (non-hydrogen) atoms. The standard InChI is InChI=1S/C29H22Cl2N2O5/c1-14(29(37)38-13-22(34)32-15-10-11-20(30)21(31)12-15)33-27(35)25-23-16-6-2-3-7-17(16)24(26(25)28(33)36)19-9-5-4-8-18(19)23/h2-12,14,23-26H,13H2,1H3,(H,32,34)/t14-,23?,24?,25-,26+/m1/s1. The Hall–Kier alpha value is -3.68. The third-order valence-electron chi connectivity index (χ3n) is 7.76. The number of anilines is 1. The molecule has 1 saturated heterocycles. The summed E-state index contributed by atoms with van der Waals surface area (Å²) in [5, 5.41) is 3.17. The van der Waals surface area contributed by atoms with Crippen LogP contribution < -0.4 is 5.32 Å². The van der Waals surface area contributed by atoms with E-state index < -0.39 is 36.4 Å². The van der Waals surface area contributed by atoms with Gasteiger partial charge in [0.15, 0.2) is 6.61 Å². The van der Waals surface area contributed by atoms with Gasteiger partial charge in [0.1, 0.15) is 6.04 Å². The van der Waals surface area contributed by atoms with Crippen molar-refractivity contribution < 1.29 is 23.9 Å². The van der Waals surface area contributed by atoms with E-state index in [0.29, 0.717) is 10.7 Å². The summed E-state index contributed by atoms with van der Waals surface area (Å²) in [6.45, 7) is 0.864. The number of hydrogen-bond donors (Lipinski definition) is 1. The van der Waals surface area contributed by atoms with E-state index in [-0.39, 0.29) is 28.7 Å². The number of nitrogens with one attached hydrogen (secondary N) is 1. The highest BCUT2D eigenvalue weighted by Crippen LogP contribution is 2.61. The second-order valence-electron chi connectivity index (χ2n) is 9.77. The Bertz CT molecular complexity index is 1410. The predicted octanol–water partition coefficient (Wildman–Crippen LogP) is 4.76. The molecule has 2 bridgehead atoms. The van der Waals surface area contributed by atoms with Crippen LogP contribution in [-0.4, -0.2) is 41.2 Å². The molecular formula is C29H22Cl2N2O5. The van der Waals surface area contributed by atoms with Crippen LogP contribution in [-0.2, 0) is 23.9 Å². The number of rotatable bonds is 5. The zero-order valence-electron chi connectivity index (χ0n) is 20.2. The Kier molecular flexibility index (Phi) is 6.00. The van der Waals surface area contributed by atoms with Crippen LogP contribution in [0, 0.1) is 11.8 Å². The zero-order valence-corrected chi connectivity index (χ0v) is 21.7. The summed E-state index contributed by atoms with van der Waals surface area (Å²) in [5.74, 6) is -3.92. The van der Waals surface area contributed by atoms with Crippen molar-refractivity contribution in [1.82, 2.24) is 4.90 Å². The van der Waals surface area contributed by atoms with Gasteiger partial charge in [0.25, 0.3) is 5.91 Å². The second kappa shape index (κ2) is 9.26. The molecule has 1 fully saturated rings. The van der Waals surface area contributed by atoms with Gasteiger partial charge in [-0.2, -0.15) is 0 Å². The lowest BCUT2D eigenvalue weighted by Crippen LogP contribution is -2.45. The third kappa shape index (κ3) is 3.72. The van der Waals surface area contributed by atoms with E-state index in [1.807, 2.05) is 48.5 Å². The number of amides is 3. The van der Waals surface area contributed by atoms with E-state index in [1.165, 1.54) is 19.1 Å². The molecule has 0 unspecified atom stereocenters. The lowest BCUT2D eigenvalue weighted by Gasteiger charge is -2.45. The molecule has 1 N–H and O–H groups in total. The van der Waals surface area contributed by atoms with Gasteiger partial charge in [0.05, 0.1) is 21.9 Å². The molecule has 1 aliphatic heterocycles. The van der Waals surface area contributed by atoms with E-state index in [0.717, 1.165) is 27.2 Å². The minimum atomic E-state index is -1.18. The topological polar surface area (TPSA) is 92.8 Å². The molecule has 4 aliphatic rings. The van der Waals surface area contributed by atoms with Gasteiger partial charge in [-0.05, 0) is 47.4 Å². The number of halogens is 2. The van der Waals surface area contributed by atoms with E-state index in [2.05, 4.69) is 5.32 Å². The maximum atomic E-state index is 13.7. The molecule has 9 heteroatoms. The van der Waals surface area contributed by atoms with Crippen LogP contribution in [0.3, 0.4) is 0 Å². The van der Waals surface area contributed by atoms with Crippen LogP contribution in [0.25, 0.3) is 0 Å². The summed E-state index contributed by atoms with van der Waals surface area (Å²) in [5.41, 5.74) is 4.59. The Morgan fingerprint density at radius 1 is 0.842 bits per heavy atom. The number of esters is 1. The van der Waals surface area contributed by atoms with Crippen LogP contribution in [0.5, 0.6) is 0 Å². The molecule has 0 spiro atoms. The summed E-state index contributed by atoms with van der Waals surface area (Å²) >= 11 is 11.9. The van der Waals surface area contributed by atoms with E-state index in [4.69, 9.17) is 27.9 Å². The number of carbonyl (C=O) groups excluding carboxylic acids is 4. The minimum absolute atomic E-state index is 0.265. The van der Waals surface area contributed by atoms with Gasteiger partial charge in [0, 0.05) is 17.5 Å². The molecule has 3 aromatic carbocycles. The zero-order chi connectivity index (χ0) is 26.7. The fourth-order valence-electron chi connectivity index (χ4n) is 6.22. The van der Waals surface area contributed by atoms with Crippen LogP contribution in [0.2, 0.25) is 10.0 Å². The Labute approximate surface area is 228 Å². The summed E-state index contributed by atoms with van der Waals surface area (Å²) in [7, 11) is 0. The summed E-state index contributed by atoms with van der Waals surface area (Å²) in [4.78, 5) is 53.7. The highest BCUT2D eigenvalue weighted by molar-refractivity contribution is 6.42. The normalized spacial score (nSPS) is 23.4. The number of nitrogens with zero attached hydrogens (tertiary/aromatic N) is 1. The molecule has 3 amide bonds. The largest absolute Gasteiger partial charge is 0.454 e. The van der Waals surface area contributed by atoms with Crippen LogP contribution in [0.4, 0.5) is 5.69 Å². The first-order valence-corrected chi connectivity index (χ1v) is 13.0. The van der Waals surface area contributed by atoms with Crippen molar-refractivity contribution >= 4 is 52.6 Å².